The van der Waals surface area contributed by atoms with Gasteiger partial charge in [0.05, 0.1) is 0 Å². The van der Waals surface area contributed by atoms with Gasteiger partial charge in [-0.2, -0.15) is 0 Å². The summed E-state index contributed by atoms with van der Waals surface area (Å²) in [6, 6.07) is 8.64. The number of rotatable bonds is 3. The van der Waals surface area contributed by atoms with Crippen molar-refractivity contribution in [2.75, 3.05) is 13.1 Å². The van der Waals surface area contributed by atoms with Crippen LogP contribution in [0, 0.1) is 11.8 Å². The number of halogens is 1. The average molecular weight is 279 g/mol. The minimum atomic E-state index is 0.136. The summed E-state index contributed by atoms with van der Waals surface area (Å²) in [4.78, 5) is 2.59. The van der Waals surface area contributed by atoms with Crippen molar-refractivity contribution in [1.29, 1.82) is 0 Å². The molecule has 2 nitrogen and oxygen atoms in total. The van der Waals surface area contributed by atoms with E-state index >= 15 is 0 Å². The minimum Gasteiger partial charge on any atom is -0.326 e. The Morgan fingerprint density at radius 3 is 2.53 bits per heavy atom. The van der Waals surface area contributed by atoms with E-state index in [9.17, 15) is 0 Å². The second-order valence-electron chi connectivity index (χ2n) is 6.26. The van der Waals surface area contributed by atoms with Crippen LogP contribution < -0.4 is 5.73 Å². The van der Waals surface area contributed by atoms with Crippen molar-refractivity contribution in [3.63, 3.8) is 0 Å². The van der Waals surface area contributed by atoms with Crippen LogP contribution in [0.2, 0.25) is 5.02 Å². The fourth-order valence-corrected chi connectivity index (χ4v) is 4.23. The highest BCUT2D eigenvalue weighted by molar-refractivity contribution is 6.30. The third kappa shape index (κ3) is 2.67. The Morgan fingerprint density at radius 2 is 1.95 bits per heavy atom. The van der Waals surface area contributed by atoms with Gasteiger partial charge in [0, 0.05) is 30.2 Å². The molecular weight excluding hydrogens is 256 g/mol. The largest absolute Gasteiger partial charge is 0.326 e. The first-order chi connectivity index (χ1) is 9.15. The van der Waals surface area contributed by atoms with Gasteiger partial charge in [0.1, 0.15) is 0 Å². The summed E-state index contributed by atoms with van der Waals surface area (Å²) >= 11 is 6.14. The number of hydrogen-bond donors (Lipinski definition) is 1. The molecule has 4 atom stereocenters. The van der Waals surface area contributed by atoms with Crippen molar-refractivity contribution in [1.82, 2.24) is 4.90 Å². The number of nitrogens with zero attached hydrogens (tertiary/aromatic N) is 1. The Bertz CT molecular complexity index is 434. The summed E-state index contributed by atoms with van der Waals surface area (Å²) in [5.74, 6) is 1.81. The first-order valence-electron chi connectivity index (χ1n) is 7.40. The van der Waals surface area contributed by atoms with Crippen LogP contribution in [0.1, 0.15) is 37.8 Å². The monoisotopic (exact) mass is 278 g/mol. The summed E-state index contributed by atoms with van der Waals surface area (Å²) in [5.41, 5.74) is 7.53. The molecule has 0 amide bonds. The van der Waals surface area contributed by atoms with E-state index < -0.39 is 0 Å². The number of nitrogens with two attached hydrogens (primary N) is 1. The second kappa shape index (κ2) is 5.43. The van der Waals surface area contributed by atoms with E-state index in [1.165, 1.54) is 37.9 Å². The van der Waals surface area contributed by atoms with Gasteiger partial charge in [-0.1, -0.05) is 30.2 Å². The van der Waals surface area contributed by atoms with Crippen LogP contribution in [-0.2, 0) is 0 Å². The highest BCUT2D eigenvalue weighted by atomic mass is 35.5. The summed E-state index contributed by atoms with van der Waals surface area (Å²) in [7, 11) is 0. The highest BCUT2D eigenvalue weighted by Crippen LogP contribution is 2.41. The van der Waals surface area contributed by atoms with Crippen LogP contribution in [0.3, 0.4) is 0 Å². The molecule has 19 heavy (non-hydrogen) atoms. The Kier molecular flexibility index (Phi) is 3.84. The lowest BCUT2D eigenvalue weighted by molar-refractivity contribution is 0.203. The van der Waals surface area contributed by atoms with E-state index in [0.29, 0.717) is 6.04 Å². The third-order valence-corrected chi connectivity index (χ3v) is 5.07. The van der Waals surface area contributed by atoms with Crippen molar-refractivity contribution >= 4 is 11.6 Å². The van der Waals surface area contributed by atoms with Gasteiger partial charge in [-0.15, -0.1) is 0 Å². The zero-order valence-electron chi connectivity index (χ0n) is 11.6. The van der Waals surface area contributed by atoms with Gasteiger partial charge >= 0.3 is 0 Å². The fraction of sp³-hybridized carbons (Fsp3) is 0.625. The van der Waals surface area contributed by atoms with Crippen LogP contribution >= 0.6 is 11.6 Å². The summed E-state index contributed by atoms with van der Waals surface area (Å²) in [6.45, 7) is 4.53. The van der Waals surface area contributed by atoms with Crippen LogP contribution in [0.5, 0.6) is 0 Å². The minimum absolute atomic E-state index is 0.136. The maximum atomic E-state index is 6.26. The second-order valence-corrected chi connectivity index (χ2v) is 6.70. The topological polar surface area (TPSA) is 29.3 Å². The Hall–Kier alpha value is -0.570. The Balaban J connectivity index is 1.82. The zero-order chi connectivity index (χ0) is 13.4. The third-order valence-electron chi connectivity index (χ3n) is 4.84. The van der Waals surface area contributed by atoms with Crippen molar-refractivity contribution in [2.24, 2.45) is 17.6 Å². The fourth-order valence-electron chi connectivity index (χ4n) is 4.04. The molecule has 1 aromatic rings. The molecule has 2 aliphatic rings. The predicted molar refractivity (Wildman–Crippen MR) is 80.2 cm³/mol. The highest BCUT2D eigenvalue weighted by Gasteiger charge is 2.39. The molecule has 3 heteroatoms. The molecule has 0 bridgehead atoms. The molecule has 1 aliphatic carbocycles. The molecule has 1 aliphatic heterocycles. The van der Waals surface area contributed by atoms with Gasteiger partial charge in [-0.25, -0.2) is 0 Å². The molecule has 1 saturated heterocycles. The maximum absolute atomic E-state index is 6.26. The van der Waals surface area contributed by atoms with Crippen LogP contribution in [-0.4, -0.2) is 24.0 Å². The zero-order valence-corrected chi connectivity index (χ0v) is 12.3. The molecule has 0 radical (unpaired) electrons. The average Bonchev–Trinajstić information content (AvgIpc) is 2.89. The van der Waals surface area contributed by atoms with E-state index in [1.54, 1.807) is 0 Å². The van der Waals surface area contributed by atoms with E-state index in [1.807, 2.05) is 12.1 Å². The van der Waals surface area contributed by atoms with E-state index in [2.05, 4.69) is 24.0 Å². The van der Waals surface area contributed by atoms with Crippen molar-refractivity contribution in [2.45, 2.75) is 38.3 Å². The van der Waals surface area contributed by atoms with E-state index in [-0.39, 0.29) is 6.04 Å². The van der Waals surface area contributed by atoms with Gasteiger partial charge in [0.15, 0.2) is 0 Å². The maximum Gasteiger partial charge on any atom is 0.0497 e. The SMILES string of the molecule is CC(N)C(c1cccc(Cl)c1)N1CC2CCCC2C1. The van der Waals surface area contributed by atoms with Gasteiger partial charge < -0.3 is 5.73 Å². The number of likely N-dealkylation sites (tertiary alicyclic amines) is 1. The molecule has 2 fully saturated rings. The smallest absolute Gasteiger partial charge is 0.0497 e. The van der Waals surface area contributed by atoms with Gasteiger partial charge in [0.25, 0.3) is 0 Å². The lowest BCUT2D eigenvalue weighted by Gasteiger charge is -2.32. The summed E-state index contributed by atoms with van der Waals surface area (Å²) in [6.07, 6.45) is 4.23. The van der Waals surface area contributed by atoms with Gasteiger partial charge in [-0.05, 0) is 49.3 Å². The molecular formula is C16H23ClN2. The summed E-state index contributed by atoms with van der Waals surface area (Å²) in [5, 5.41) is 0.808. The number of benzene rings is 1. The number of hydrogen-bond acceptors (Lipinski definition) is 2. The normalized spacial score (nSPS) is 30.3. The molecule has 1 saturated carbocycles. The molecule has 1 aromatic carbocycles. The molecule has 2 N–H and O–H groups in total. The molecule has 4 unspecified atom stereocenters. The van der Waals surface area contributed by atoms with E-state index in [4.69, 9.17) is 17.3 Å². The first kappa shape index (κ1) is 13.4. The van der Waals surface area contributed by atoms with E-state index in [0.717, 1.165) is 16.9 Å². The van der Waals surface area contributed by atoms with Crippen LogP contribution in [0.25, 0.3) is 0 Å². The van der Waals surface area contributed by atoms with Gasteiger partial charge in [-0.3, -0.25) is 4.90 Å². The van der Waals surface area contributed by atoms with Crippen molar-refractivity contribution in [3.8, 4) is 0 Å². The number of fused-ring (bicyclic) bond motifs is 1. The quantitative estimate of drug-likeness (QED) is 0.917. The lowest BCUT2D eigenvalue weighted by atomic mass is 9.99. The standard InChI is InChI=1S/C16H23ClN2/c1-11(18)16(12-4-3-7-15(17)8-12)19-9-13-5-2-6-14(13)10-19/h3-4,7-8,11,13-14,16H,2,5-6,9-10,18H2,1H3. The van der Waals surface area contributed by atoms with Crippen LogP contribution in [0.4, 0.5) is 0 Å². The van der Waals surface area contributed by atoms with Crippen LogP contribution in [0.15, 0.2) is 24.3 Å². The Morgan fingerprint density at radius 1 is 1.26 bits per heavy atom. The predicted octanol–water partition coefficient (Wildman–Crippen LogP) is 3.46. The molecule has 0 aromatic heterocycles. The molecule has 1 heterocycles. The summed E-state index contributed by atoms with van der Waals surface area (Å²) < 4.78 is 0. The van der Waals surface area contributed by atoms with Crippen molar-refractivity contribution in [3.05, 3.63) is 34.9 Å². The Labute approximate surface area is 120 Å². The molecule has 104 valence electrons. The molecule has 3 rings (SSSR count). The van der Waals surface area contributed by atoms with Crippen molar-refractivity contribution < 1.29 is 0 Å². The van der Waals surface area contributed by atoms with Gasteiger partial charge in [0.2, 0.25) is 0 Å². The molecule has 0 spiro atoms. The lowest BCUT2D eigenvalue weighted by Crippen LogP contribution is -2.38. The first-order valence-corrected chi connectivity index (χ1v) is 7.78.